The Morgan fingerprint density at radius 1 is 1.04 bits per heavy atom. The third-order valence-electron chi connectivity index (χ3n) is 4.65. The third kappa shape index (κ3) is 3.44. The summed E-state index contributed by atoms with van der Waals surface area (Å²) in [5.41, 5.74) is 2.56. The second kappa shape index (κ2) is 7.39. The van der Waals surface area contributed by atoms with Gasteiger partial charge in [0.05, 0.1) is 5.56 Å². The van der Waals surface area contributed by atoms with Crippen molar-refractivity contribution in [2.45, 2.75) is 18.8 Å². The highest BCUT2D eigenvalue weighted by atomic mass is 16.2. The zero-order valence-corrected chi connectivity index (χ0v) is 14.3. The Bertz CT molecular complexity index is 885. The van der Waals surface area contributed by atoms with Crippen LogP contribution in [0.25, 0.3) is 11.4 Å². The van der Waals surface area contributed by atoms with Crippen LogP contribution in [0.3, 0.4) is 0 Å². The van der Waals surface area contributed by atoms with E-state index in [1.807, 2.05) is 29.2 Å². The van der Waals surface area contributed by atoms with E-state index in [0.717, 1.165) is 30.6 Å². The average Bonchev–Trinajstić information content (AvgIpc) is 2.75. The molecule has 0 radical (unpaired) electrons. The normalized spacial score (nSPS) is 17.1. The van der Waals surface area contributed by atoms with Gasteiger partial charge in [-0.2, -0.15) is 0 Å². The molecule has 0 spiro atoms. The van der Waals surface area contributed by atoms with Crippen molar-refractivity contribution >= 4 is 5.91 Å². The minimum Gasteiger partial charge on any atom is -0.338 e. The Hall–Kier alpha value is -3.15. The number of carbonyl (C=O) groups is 1. The van der Waals surface area contributed by atoms with Crippen LogP contribution in [0.4, 0.5) is 0 Å². The molecule has 3 aromatic rings. The summed E-state index contributed by atoms with van der Waals surface area (Å²) in [6.07, 6.45) is 10.5. The molecule has 0 saturated carbocycles. The van der Waals surface area contributed by atoms with Gasteiger partial charge in [0.25, 0.3) is 5.91 Å². The van der Waals surface area contributed by atoms with Gasteiger partial charge in [-0.1, -0.05) is 0 Å². The number of rotatable bonds is 3. The quantitative estimate of drug-likeness (QED) is 0.730. The van der Waals surface area contributed by atoms with Gasteiger partial charge >= 0.3 is 0 Å². The lowest BCUT2D eigenvalue weighted by Gasteiger charge is -2.32. The lowest BCUT2D eigenvalue weighted by Crippen LogP contribution is -2.39. The van der Waals surface area contributed by atoms with Crippen molar-refractivity contribution in [1.29, 1.82) is 0 Å². The van der Waals surface area contributed by atoms with E-state index in [4.69, 9.17) is 4.98 Å². The molecule has 1 atom stereocenters. The minimum atomic E-state index is 0.0335. The Balaban J connectivity index is 1.54. The second-order valence-electron chi connectivity index (χ2n) is 6.37. The van der Waals surface area contributed by atoms with Crippen molar-refractivity contribution < 1.29 is 4.79 Å². The standard InChI is InChI=1S/C20H19N5O/c26-20(16-3-1-8-22-13-16)25-12-2-4-17(14-25)18-7-11-23-19(24-18)15-5-9-21-10-6-15/h1,3,5-11,13,17H,2,4,12,14H2/t17-/m1/s1. The van der Waals surface area contributed by atoms with E-state index >= 15 is 0 Å². The molecule has 1 fully saturated rings. The zero-order chi connectivity index (χ0) is 17.8. The van der Waals surface area contributed by atoms with Crippen molar-refractivity contribution in [3.63, 3.8) is 0 Å². The van der Waals surface area contributed by atoms with Crippen LogP contribution < -0.4 is 0 Å². The molecule has 4 heterocycles. The maximum Gasteiger partial charge on any atom is 0.255 e. The molecule has 0 aliphatic carbocycles. The van der Waals surface area contributed by atoms with E-state index in [1.165, 1.54) is 0 Å². The highest BCUT2D eigenvalue weighted by Crippen LogP contribution is 2.27. The van der Waals surface area contributed by atoms with E-state index in [0.29, 0.717) is 17.9 Å². The van der Waals surface area contributed by atoms with Gasteiger partial charge in [-0.05, 0) is 43.2 Å². The molecule has 4 rings (SSSR count). The summed E-state index contributed by atoms with van der Waals surface area (Å²) < 4.78 is 0. The van der Waals surface area contributed by atoms with Crippen LogP contribution in [0.15, 0.2) is 61.3 Å². The molecule has 0 aromatic carbocycles. The number of piperidine rings is 1. The van der Waals surface area contributed by atoms with Crippen LogP contribution in [0.2, 0.25) is 0 Å². The number of pyridine rings is 2. The summed E-state index contributed by atoms with van der Waals surface area (Å²) in [5.74, 6) is 0.944. The summed E-state index contributed by atoms with van der Waals surface area (Å²) >= 11 is 0. The number of amides is 1. The summed E-state index contributed by atoms with van der Waals surface area (Å²) in [6.45, 7) is 1.44. The van der Waals surface area contributed by atoms with E-state index in [9.17, 15) is 4.79 Å². The Labute approximate surface area is 152 Å². The van der Waals surface area contributed by atoms with Crippen molar-refractivity contribution in [3.8, 4) is 11.4 Å². The highest BCUT2D eigenvalue weighted by Gasteiger charge is 2.26. The Kier molecular flexibility index (Phi) is 4.64. The van der Waals surface area contributed by atoms with Crippen molar-refractivity contribution in [3.05, 3.63) is 72.6 Å². The molecule has 6 heteroatoms. The number of nitrogens with zero attached hydrogens (tertiary/aromatic N) is 5. The van der Waals surface area contributed by atoms with Gasteiger partial charge in [0.1, 0.15) is 0 Å². The lowest BCUT2D eigenvalue weighted by molar-refractivity contribution is 0.0705. The molecule has 1 amide bonds. The number of likely N-dealkylation sites (tertiary alicyclic amines) is 1. The number of aromatic nitrogens is 4. The third-order valence-corrected chi connectivity index (χ3v) is 4.65. The minimum absolute atomic E-state index is 0.0335. The van der Waals surface area contributed by atoms with Crippen LogP contribution in [-0.4, -0.2) is 43.8 Å². The van der Waals surface area contributed by atoms with E-state index in [2.05, 4.69) is 15.0 Å². The van der Waals surface area contributed by atoms with Gasteiger partial charge in [-0.3, -0.25) is 14.8 Å². The highest BCUT2D eigenvalue weighted by molar-refractivity contribution is 5.94. The predicted molar refractivity (Wildman–Crippen MR) is 97.4 cm³/mol. The van der Waals surface area contributed by atoms with E-state index < -0.39 is 0 Å². The fourth-order valence-electron chi connectivity index (χ4n) is 3.31. The summed E-state index contributed by atoms with van der Waals surface area (Å²) in [5, 5.41) is 0. The van der Waals surface area contributed by atoms with Crippen LogP contribution >= 0.6 is 0 Å². The zero-order valence-electron chi connectivity index (χ0n) is 14.3. The molecule has 0 bridgehead atoms. The first-order chi connectivity index (χ1) is 12.8. The fourth-order valence-corrected chi connectivity index (χ4v) is 3.31. The first-order valence-corrected chi connectivity index (χ1v) is 8.74. The van der Waals surface area contributed by atoms with E-state index in [-0.39, 0.29) is 11.8 Å². The van der Waals surface area contributed by atoms with Gasteiger partial charge in [0.15, 0.2) is 5.82 Å². The molecule has 3 aromatic heterocycles. The SMILES string of the molecule is O=C(c1cccnc1)N1CCC[C@@H](c2ccnc(-c3ccncc3)n2)C1. The largest absolute Gasteiger partial charge is 0.338 e. The first-order valence-electron chi connectivity index (χ1n) is 8.74. The van der Waals surface area contributed by atoms with E-state index in [1.54, 1.807) is 37.1 Å². The number of carbonyl (C=O) groups excluding carboxylic acids is 1. The Morgan fingerprint density at radius 2 is 1.92 bits per heavy atom. The fraction of sp³-hybridized carbons (Fsp3) is 0.250. The molecule has 0 N–H and O–H groups in total. The van der Waals surface area contributed by atoms with Gasteiger partial charge in [0, 0.05) is 61.2 Å². The van der Waals surface area contributed by atoms with Gasteiger partial charge < -0.3 is 4.90 Å². The first kappa shape index (κ1) is 16.3. The molecule has 1 saturated heterocycles. The number of hydrogen-bond acceptors (Lipinski definition) is 5. The molecule has 130 valence electrons. The second-order valence-corrected chi connectivity index (χ2v) is 6.37. The molecule has 26 heavy (non-hydrogen) atoms. The van der Waals surface area contributed by atoms with Crippen LogP contribution in [0, 0.1) is 0 Å². The topological polar surface area (TPSA) is 71.9 Å². The van der Waals surface area contributed by atoms with Gasteiger partial charge in [0.2, 0.25) is 0 Å². The monoisotopic (exact) mass is 345 g/mol. The summed E-state index contributed by atoms with van der Waals surface area (Å²) in [7, 11) is 0. The summed E-state index contributed by atoms with van der Waals surface area (Å²) in [6, 6.07) is 9.36. The maximum atomic E-state index is 12.7. The van der Waals surface area contributed by atoms with Crippen LogP contribution in [-0.2, 0) is 0 Å². The molecule has 1 aliphatic heterocycles. The van der Waals surface area contributed by atoms with Crippen molar-refractivity contribution in [2.24, 2.45) is 0 Å². The van der Waals surface area contributed by atoms with Crippen LogP contribution in [0.1, 0.15) is 34.8 Å². The summed E-state index contributed by atoms with van der Waals surface area (Å²) in [4.78, 5) is 31.8. The number of hydrogen-bond donors (Lipinski definition) is 0. The maximum absolute atomic E-state index is 12.7. The Morgan fingerprint density at radius 3 is 2.73 bits per heavy atom. The van der Waals surface area contributed by atoms with Crippen molar-refractivity contribution in [1.82, 2.24) is 24.8 Å². The molecule has 6 nitrogen and oxygen atoms in total. The predicted octanol–water partition coefficient (Wildman–Crippen LogP) is 2.95. The van der Waals surface area contributed by atoms with Gasteiger partial charge in [-0.25, -0.2) is 9.97 Å². The van der Waals surface area contributed by atoms with Crippen molar-refractivity contribution in [2.75, 3.05) is 13.1 Å². The van der Waals surface area contributed by atoms with Gasteiger partial charge in [-0.15, -0.1) is 0 Å². The lowest BCUT2D eigenvalue weighted by atomic mass is 9.94. The smallest absolute Gasteiger partial charge is 0.255 e. The average molecular weight is 345 g/mol. The molecular weight excluding hydrogens is 326 g/mol. The molecule has 0 unspecified atom stereocenters. The molecule has 1 aliphatic rings. The molecular formula is C20H19N5O. The van der Waals surface area contributed by atoms with Crippen LogP contribution in [0.5, 0.6) is 0 Å².